The minimum absolute atomic E-state index is 0.0176. The van der Waals surface area contributed by atoms with Crippen LogP contribution in [0.15, 0.2) is 6.20 Å². The Morgan fingerprint density at radius 1 is 1.50 bits per heavy atom. The topological polar surface area (TPSA) is 39.2 Å². The highest BCUT2D eigenvalue weighted by Crippen LogP contribution is 2.31. The average molecular weight is 349 g/mol. The van der Waals surface area contributed by atoms with Gasteiger partial charge in [0.25, 0.3) is 0 Å². The number of rotatable bonds is 3. The Labute approximate surface area is 101 Å². The highest BCUT2D eigenvalue weighted by molar-refractivity contribution is 14.1. The van der Waals surface area contributed by atoms with Crippen LogP contribution in [0.3, 0.4) is 0 Å². The van der Waals surface area contributed by atoms with Gasteiger partial charge < -0.3 is 4.74 Å². The molecule has 0 spiro atoms. The molecule has 1 aromatic rings. The van der Waals surface area contributed by atoms with E-state index >= 15 is 0 Å². The van der Waals surface area contributed by atoms with Crippen LogP contribution in [-0.2, 0) is 6.67 Å². The van der Waals surface area contributed by atoms with Crippen molar-refractivity contribution in [2.24, 2.45) is 0 Å². The fraction of sp³-hybridized carbons (Fsp3) is 0.250. The van der Waals surface area contributed by atoms with Gasteiger partial charge in [0.15, 0.2) is 6.29 Å². The zero-order chi connectivity index (χ0) is 12.3. The number of alkyl halides is 4. The summed E-state index contributed by atoms with van der Waals surface area (Å²) in [5, 5.41) is 0. The van der Waals surface area contributed by atoms with Gasteiger partial charge in [0.1, 0.15) is 16.1 Å². The summed E-state index contributed by atoms with van der Waals surface area (Å²) in [7, 11) is 0. The molecule has 8 heteroatoms. The van der Waals surface area contributed by atoms with Gasteiger partial charge in [-0.15, -0.1) is 13.2 Å². The highest BCUT2D eigenvalue weighted by Gasteiger charge is 2.34. The SMILES string of the molecule is O=Cc1c(I)ncc(CF)c1OC(F)(F)F. The number of pyridine rings is 1. The summed E-state index contributed by atoms with van der Waals surface area (Å²) >= 11 is 1.56. The average Bonchev–Trinajstić information content (AvgIpc) is 2.16. The lowest BCUT2D eigenvalue weighted by Crippen LogP contribution is -2.19. The number of aldehydes is 1. The lowest BCUT2D eigenvalue weighted by molar-refractivity contribution is -0.275. The lowest BCUT2D eigenvalue weighted by atomic mass is 10.2. The summed E-state index contributed by atoms with van der Waals surface area (Å²) in [6, 6.07) is 0. The Balaban J connectivity index is 3.31. The Kier molecular flexibility index (Phi) is 4.05. The molecule has 0 atom stereocenters. The van der Waals surface area contributed by atoms with Crippen LogP contribution >= 0.6 is 22.6 Å². The Morgan fingerprint density at radius 2 is 2.12 bits per heavy atom. The quantitative estimate of drug-likeness (QED) is 0.365. The van der Waals surface area contributed by atoms with Crippen molar-refractivity contribution in [3.8, 4) is 5.75 Å². The van der Waals surface area contributed by atoms with E-state index in [0.717, 1.165) is 6.20 Å². The summed E-state index contributed by atoms with van der Waals surface area (Å²) in [5.74, 6) is -0.829. The highest BCUT2D eigenvalue weighted by atomic mass is 127. The number of halogens is 5. The van der Waals surface area contributed by atoms with Crippen molar-refractivity contribution in [2.75, 3.05) is 0 Å². The summed E-state index contributed by atoms with van der Waals surface area (Å²) in [4.78, 5) is 14.2. The third-order valence-corrected chi connectivity index (χ3v) is 2.43. The van der Waals surface area contributed by atoms with Gasteiger partial charge in [-0.1, -0.05) is 0 Å². The van der Waals surface area contributed by atoms with E-state index < -0.39 is 29.9 Å². The molecule has 1 heterocycles. The molecule has 1 rings (SSSR count). The number of aromatic nitrogens is 1. The molecular weight excluding hydrogens is 345 g/mol. The number of ether oxygens (including phenoxy) is 1. The smallest absolute Gasteiger partial charge is 0.404 e. The summed E-state index contributed by atoms with van der Waals surface area (Å²) in [5.41, 5.74) is -0.826. The number of nitrogens with zero attached hydrogens (tertiary/aromatic N) is 1. The van der Waals surface area contributed by atoms with Crippen molar-refractivity contribution in [1.82, 2.24) is 4.98 Å². The fourth-order valence-corrected chi connectivity index (χ4v) is 1.47. The van der Waals surface area contributed by atoms with Crippen molar-refractivity contribution in [3.05, 3.63) is 21.0 Å². The first-order chi connectivity index (χ1) is 7.39. The van der Waals surface area contributed by atoms with E-state index in [1.54, 1.807) is 22.6 Å². The zero-order valence-electron chi connectivity index (χ0n) is 7.52. The Hall–Kier alpha value is -0.930. The molecule has 88 valence electrons. The van der Waals surface area contributed by atoms with Crippen LogP contribution in [0.5, 0.6) is 5.75 Å². The van der Waals surface area contributed by atoms with Crippen LogP contribution in [0.25, 0.3) is 0 Å². The minimum Gasteiger partial charge on any atom is -0.404 e. The molecule has 16 heavy (non-hydrogen) atoms. The van der Waals surface area contributed by atoms with Crippen LogP contribution in [0.1, 0.15) is 15.9 Å². The van der Waals surface area contributed by atoms with Gasteiger partial charge in [0.2, 0.25) is 0 Å². The Bertz CT molecular complexity index is 408. The number of hydrogen-bond donors (Lipinski definition) is 0. The second-order valence-electron chi connectivity index (χ2n) is 2.62. The third kappa shape index (κ3) is 3.03. The van der Waals surface area contributed by atoms with Gasteiger partial charge in [-0.25, -0.2) is 9.37 Å². The van der Waals surface area contributed by atoms with E-state index in [2.05, 4.69) is 9.72 Å². The molecule has 0 radical (unpaired) electrons. The first-order valence-electron chi connectivity index (χ1n) is 3.83. The molecule has 3 nitrogen and oxygen atoms in total. The third-order valence-electron chi connectivity index (χ3n) is 1.57. The van der Waals surface area contributed by atoms with Gasteiger partial charge >= 0.3 is 6.36 Å². The first kappa shape index (κ1) is 13.1. The van der Waals surface area contributed by atoms with E-state index in [-0.39, 0.29) is 9.99 Å². The van der Waals surface area contributed by atoms with Crippen molar-refractivity contribution < 1.29 is 27.1 Å². The van der Waals surface area contributed by atoms with Gasteiger partial charge in [-0.05, 0) is 22.6 Å². The summed E-state index contributed by atoms with van der Waals surface area (Å²) in [6.45, 7) is -1.20. The van der Waals surface area contributed by atoms with E-state index in [4.69, 9.17) is 0 Å². The van der Waals surface area contributed by atoms with E-state index in [9.17, 15) is 22.4 Å². The molecule has 0 aliphatic heterocycles. The molecule has 0 bridgehead atoms. The first-order valence-corrected chi connectivity index (χ1v) is 4.91. The molecule has 0 aliphatic rings. The van der Waals surface area contributed by atoms with Crippen molar-refractivity contribution >= 4 is 28.9 Å². The molecule has 0 fully saturated rings. The van der Waals surface area contributed by atoms with Crippen LogP contribution in [0, 0.1) is 3.70 Å². The van der Waals surface area contributed by atoms with Crippen molar-refractivity contribution in [1.29, 1.82) is 0 Å². The van der Waals surface area contributed by atoms with Crippen LogP contribution in [0.4, 0.5) is 17.6 Å². The molecule has 0 amide bonds. The molecule has 0 aromatic carbocycles. The monoisotopic (exact) mass is 349 g/mol. The number of carbonyl (C=O) groups is 1. The van der Waals surface area contributed by atoms with E-state index in [0.29, 0.717) is 0 Å². The normalized spacial score (nSPS) is 11.3. The lowest BCUT2D eigenvalue weighted by Gasteiger charge is -2.13. The predicted octanol–water partition coefficient (Wildman–Crippen LogP) is 2.87. The molecule has 1 aromatic heterocycles. The standard InChI is InChI=1S/C8H4F4INO2/c9-1-4-2-14-7(13)5(3-15)6(4)16-8(10,11)12/h2-3H,1H2. The van der Waals surface area contributed by atoms with Crippen LogP contribution < -0.4 is 4.74 Å². The maximum Gasteiger partial charge on any atom is 0.573 e. The van der Waals surface area contributed by atoms with Gasteiger partial charge in [0.05, 0.1) is 5.56 Å². The molecular formula is C8H4F4INO2. The fourth-order valence-electron chi connectivity index (χ4n) is 0.963. The summed E-state index contributed by atoms with van der Waals surface area (Å²) < 4.78 is 52.1. The number of hydrogen-bond acceptors (Lipinski definition) is 3. The van der Waals surface area contributed by atoms with Crippen molar-refractivity contribution in [2.45, 2.75) is 13.0 Å². The van der Waals surface area contributed by atoms with Crippen LogP contribution in [0.2, 0.25) is 0 Å². The minimum atomic E-state index is -4.98. The predicted molar refractivity (Wildman–Crippen MR) is 53.8 cm³/mol. The maximum atomic E-state index is 12.4. The van der Waals surface area contributed by atoms with Crippen molar-refractivity contribution in [3.63, 3.8) is 0 Å². The second kappa shape index (κ2) is 4.93. The van der Waals surface area contributed by atoms with Gasteiger partial charge in [0, 0.05) is 11.8 Å². The maximum absolute atomic E-state index is 12.4. The molecule has 0 unspecified atom stereocenters. The summed E-state index contributed by atoms with van der Waals surface area (Å²) in [6.07, 6.45) is -3.93. The molecule has 0 N–H and O–H groups in total. The molecule has 0 aliphatic carbocycles. The zero-order valence-corrected chi connectivity index (χ0v) is 9.67. The Morgan fingerprint density at radius 3 is 2.56 bits per heavy atom. The van der Waals surface area contributed by atoms with Gasteiger partial charge in [-0.3, -0.25) is 4.79 Å². The van der Waals surface area contributed by atoms with E-state index in [1.807, 2.05) is 0 Å². The molecule has 0 saturated carbocycles. The molecule has 0 saturated heterocycles. The number of carbonyl (C=O) groups excluding carboxylic acids is 1. The van der Waals surface area contributed by atoms with E-state index in [1.165, 1.54) is 0 Å². The van der Waals surface area contributed by atoms with Gasteiger partial charge in [-0.2, -0.15) is 0 Å². The second-order valence-corrected chi connectivity index (χ2v) is 3.64. The largest absolute Gasteiger partial charge is 0.573 e. The van der Waals surface area contributed by atoms with Crippen LogP contribution in [-0.4, -0.2) is 17.6 Å².